The molecule has 0 aliphatic carbocycles. The average Bonchev–Trinajstić information content (AvgIpc) is 2.86. The molecular formula is C29H31NO3. The maximum absolute atomic E-state index is 9.92. The van der Waals surface area contributed by atoms with E-state index < -0.39 is 0 Å². The molecule has 0 saturated carbocycles. The molecule has 0 bridgehead atoms. The summed E-state index contributed by atoms with van der Waals surface area (Å²) in [6.07, 6.45) is 6.20. The van der Waals surface area contributed by atoms with Gasteiger partial charge in [0.2, 0.25) is 0 Å². The number of phenolic OH excluding ortho intramolecular Hbond substituents is 1. The molecule has 3 aromatic rings. The maximum atomic E-state index is 9.92. The molecule has 2 aliphatic rings. The van der Waals surface area contributed by atoms with E-state index in [1.54, 1.807) is 12.1 Å². The zero-order valence-electron chi connectivity index (χ0n) is 19.0. The van der Waals surface area contributed by atoms with Gasteiger partial charge in [0.05, 0.1) is 6.61 Å². The number of piperidine rings is 1. The van der Waals surface area contributed by atoms with Crippen LogP contribution in [-0.2, 0) is 0 Å². The third-order valence-corrected chi connectivity index (χ3v) is 6.59. The van der Waals surface area contributed by atoms with Crippen molar-refractivity contribution in [1.82, 2.24) is 4.90 Å². The molecule has 170 valence electrons. The number of hydrogen-bond acceptors (Lipinski definition) is 4. The second-order valence-corrected chi connectivity index (χ2v) is 8.87. The van der Waals surface area contributed by atoms with Crippen LogP contribution in [0.5, 0.6) is 17.2 Å². The van der Waals surface area contributed by atoms with Crippen molar-refractivity contribution in [3.63, 3.8) is 0 Å². The number of hydrogen-bond donors (Lipinski definition) is 1. The normalized spacial score (nSPS) is 19.6. The van der Waals surface area contributed by atoms with Crippen LogP contribution in [0.2, 0.25) is 0 Å². The van der Waals surface area contributed by atoms with Gasteiger partial charge >= 0.3 is 0 Å². The Kier molecular flexibility index (Phi) is 6.63. The van der Waals surface area contributed by atoms with Crippen LogP contribution in [0.4, 0.5) is 0 Å². The molecule has 3 aromatic carbocycles. The summed E-state index contributed by atoms with van der Waals surface area (Å²) in [5, 5.41) is 9.92. The van der Waals surface area contributed by atoms with Gasteiger partial charge < -0.3 is 14.6 Å². The highest BCUT2D eigenvalue weighted by Crippen LogP contribution is 2.43. The van der Waals surface area contributed by atoms with Crippen LogP contribution in [0, 0.1) is 0 Å². The fourth-order valence-electron chi connectivity index (χ4n) is 4.77. The van der Waals surface area contributed by atoms with Crippen molar-refractivity contribution in [2.45, 2.75) is 25.2 Å². The second-order valence-electron chi connectivity index (χ2n) is 8.87. The van der Waals surface area contributed by atoms with E-state index in [0.29, 0.717) is 6.61 Å². The van der Waals surface area contributed by atoms with Gasteiger partial charge in [-0.1, -0.05) is 55.0 Å². The van der Waals surface area contributed by atoms with Crippen molar-refractivity contribution in [3.05, 3.63) is 89.5 Å². The van der Waals surface area contributed by atoms with Crippen LogP contribution in [0.3, 0.4) is 0 Å². The molecule has 1 fully saturated rings. The van der Waals surface area contributed by atoms with Crippen LogP contribution in [0.25, 0.3) is 11.6 Å². The number of nitrogens with zero attached hydrogens (tertiary/aromatic N) is 1. The summed E-state index contributed by atoms with van der Waals surface area (Å²) in [6.45, 7) is 4.66. The third kappa shape index (κ3) is 5.23. The fourth-order valence-corrected chi connectivity index (χ4v) is 4.77. The van der Waals surface area contributed by atoms with Gasteiger partial charge in [-0.3, -0.25) is 4.90 Å². The first kappa shape index (κ1) is 21.6. The Hall–Kier alpha value is -3.24. The molecule has 1 saturated heterocycles. The smallest absolute Gasteiger partial charge is 0.130 e. The number of rotatable bonds is 6. The first-order valence-corrected chi connectivity index (χ1v) is 11.9. The minimum Gasteiger partial charge on any atom is -0.508 e. The van der Waals surface area contributed by atoms with Gasteiger partial charge in [0.1, 0.15) is 23.9 Å². The van der Waals surface area contributed by atoms with Crippen molar-refractivity contribution in [1.29, 1.82) is 0 Å². The Morgan fingerprint density at radius 2 is 1.73 bits per heavy atom. The Morgan fingerprint density at radius 1 is 0.939 bits per heavy atom. The van der Waals surface area contributed by atoms with Crippen molar-refractivity contribution in [3.8, 4) is 17.2 Å². The van der Waals surface area contributed by atoms with E-state index in [2.05, 4.69) is 59.5 Å². The minimum atomic E-state index is 0.128. The zero-order valence-corrected chi connectivity index (χ0v) is 19.0. The van der Waals surface area contributed by atoms with Gasteiger partial charge in [-0.15, -0.1) is 0 Å². The molecular weight excluding hydrogens is 410 g/mol. The summed E-state index contributed by atoms with van der Waals surface area (Å²) in [5.41, 5.74) is 4.56. The van der Waals surface area contributed by atoms with E-state index in [4.69, 9.17) is 9.47 Å². The van der Waals surface area contributed by atoms with Crippen molar-refractivity contribution in [2.24, 2.45) is 0 Å². The Bertz CT molecular complexity index is 1090. The van der Waals surface area contributed by atoms with E-state index in [9.17, 15) is 5.11 Å². The number of benzene rings is 3. The van der Waals surface area contributed by atoms with Gasteiger partial charge in [0, 0.05) is 24.1 Å². The standard InChI is InChI=1S/C29H31NO3/c31-24-11-14-26-27(28(21-33-29(26)20-24)23-7-3-1-4-8-23)19-22-9-12-25(13-10-22)32-18-17-30-15-5-2-6-16-30/h1,3-4,7-14,19-20,28,31H,2,5-6,15-18,21H2/b27-19-. The summed E-state index contributed by atoms with van der Waals surface area (Å²) in [7, 11) is 0. The van der Waals surface area contributed by atoms with Gasteiger partial charge in [-0.05, 0) is 66.9 Å². The third-order valence-electron chi connectivity index (χ3n) is 6.59. The van der Waals surface area contributed by atoms with Crippen LogP contribution < -0.4 is 9.47 Å². The number of aromatic hydroxyl groups is 1. The highest BCUT2D eigenvalue weighted by atomic mass is 16.5. The highest BCUT2D eigenvalue weighted by Gasteiger charge is 2.27. The minimum absolute atomic E-state index is 0.128. The van der Waals surface area contributed by atoms with E-state index >= 15 is 0 Å². The predicted molar refractivity (Wildman–Crippen MR) is 133 cm³/mol. The summed E-state index contributed by atoms with van der Waals surface area (Å²) in [4.78, 5) is 2.49. The monoisotopic (exact) mass is 441 g/mol. The molecule has 2 heterocycles. The fraction of sp³-hybridized carbons (Fsp3) is 0.310. The number of likely N-dealkylation sites (tertiary alicyclic amines) is 1. The highest BCUT2D eigenvalue weighted by molar-refractivity contribution is 5.88. The Balaban J connectivity index is 1.35. The molecule has 4 nitrogen and oxygen atoms in total. The van der Waals surface area contributed by atoms with E-state index in [1.807, 2.05) is 12.1 Å². The van der Waals surface area contributed by atoms with Crippen LogP contribution >= 0.6 is 0 Å². The summed E-state index contributed by atoms with van der Waals surface area (Å²) in [6, 6.07) is 24.2. The lowest BCUT2D eigenvalue weighted by Crippen LogP contribution is -2.33. The Labute approximate surface area is 196 Å². The van der Waals surface area contributed by atoms with Gasteiger partial charge in [-0.25, -0.2) is 0 Å². The molecule has 1 unspecified atom stereocenters. The summed E-state index contributed by atoms with van der Waals surface area (Å²) in [5.74, 6) is 1.98. The molecule has 33 heavy (non-hydrogen) atoms. The molecule has 0 spiro atoms. The van der Waals surface area contributed by atoms with E-state index in [-0.39, 0.29) is 11.7 Å². The number of ether oxygens (including phenoxy) is 2. The van der Waals surface area contributed by atoms with E-state index in [0.717, 1.165) is 35.8 Å². The summed E-state index contributed by atoms with van der Waals surface area (Å²) >= 11 is 0. The molecule has 4 heteroatoms. The zero-order chi connectivity index (χ0) is 22.5. The van der Waals surface area contributed by atoms with Crippen molar-refractivity contribution in [2.75, 3.05) is 32.8 Å². The molecule has 5 rings (SSSR count). The van der Waals surface area contributed by atoms with Crippen LogP contribution in [0.1, 0.15) is 41.9 Å². The first-order valence-electron chi connectivity index (χ1n) is 11.9. The predicted octanol–water partition coefficient (Wildman–Crippen LogP) is 5.97. The topological polar surface area (TPSA) is 41.9 Å². The molecule has 2 aliphatic heterocycles. The largest absolute Gasteiger partial charge is 0.508 e. The number of phenols is 1. The molecule has 0 amide bonds. The molecule has 1 N–H and O–H groups in total. The second kappa shape index (κ2) is 10.1. The average molecular weight is 442 g/mol. The van der Waals surface area contributed by atoms with Gasteiger partial charge in [0.15, 0.2) is 0 Å². The van der Waals surface area contributed by atoms with Crippen molar-refractivity contribution >= 4 is 11.6 Å². The lowest BCUT2D eigenvalue weighted by molar-refractivity contribution is 0.183. The molecule has 0 aromatic heterocycles. The summed E-state index contributed by atoms with van der Waals surface area (Å²) < 4.78 is 12.0. The Morgan fingerprint density at radius 3 is 2.52 bits per heavy atom. The maximum Gasteiger partial charge on any atom is 0.130 e. The van der Waals surface area contributed by atoms with E-state index in [1.165, 1.54) is 43.5 Å². The van der Waals surface area contributed by atoms with Crippen molar-refractivity contribution < 1.29 is 14.6 Å². The van der Waals surface area contributed by atoms with Gasteiger partial charge in [-0.2, -0.15) is 0 Å². The SMILES string of the molecule is Oc1ccc2c(c1)OCC(c1ccccc1)/C2=C\c1ccc(OCCN2CCCCC2)cc1. The molecule has 1 atom stereocenters. The van der Waals surface area contributed by atoms with Crippen LogP contribution in [-0.4, -0.2) is 42.9 Å². The molecule has 0 radical (unpaired) electrons. The van der Waals surface area contributed by atoms with Gasteiger partial charge in [0.25, 0.3) is 0 Å². The quantitative estimate of drug-likeness (QED) is 0.511. The lowest BCUT2D eigenvalue weighted by atomic mass is 9.84. The number of fused-ring (bicyclic) bond motifs is 1. The lowest BCUT2D eigenvalue weighted by Gasteiger charge is -2.29. The van der Waals surface area contributed by atoms with Crippen LogP contribution in [0.15, 0.2) is 72.8 Å². The first-order chi connectivity index (χ1) is 16.3.